The number of nitrogens with zero attached hydrogens (tertiary/aromatic N) is 3. The summed E-state index contributed by atoms with van der Waals surface area (Å²) in [7, 11) is 3.07. The maximum absolute atomic E-state index is 13.1. The number of amides is 1. The molecule has 0 radical (unpaired) electrons. The molecule has 1 amide bonds. The number of methoxy groups -OCH3 is 2. The van der Waals surface area contributed by atoms with Crippen molar-refractivity contribution in [1.82, 2.24) is 5.01 Å². The van der Waals surface area contributed by atoms with Crippen LogP contribution < -0.4 is 9.47 Å². The second-order valence-electron chi connectivity index (χ2n) is 7.48. The molecular weight excluding hydrogens is 474 g/mol. The van der Waals surface area contributed by atoms with E-state index in [0.29, 0.717) is 17.9 Å². The van der Waals surface area contributed by atoms with E-state index >= 15 is 0 Å². The minimum atomic E-state index is -0.766. The molecule has 1 aliphatic rings. The summed E-state index contributed by atoms with van der Waals surface area (Å²) >= 11 is 1.52. The number of esters is 1. The van der Waals surface area contributed by atoms with Crippen LogP contribution in [0.4, 0.5) is 5.69 Å². The number of nitro groups is 1. The van der Waals surface area contributed by atoms with Gasteiger partial charge in [0.05, 0.1) is 41.3 Å². The summed E-state index contributed by atoms with van der Waals surface area (Å²) in [5, 5.41) is 18.6. The number of carbonyl (C=O) groups excluding carboxylic acids is 2. The molecule has 0 bridgehead atoms. The van der Waals surface area contributed by atoms with Gasteiger partial charge >= 0.3 is 5.97 Å². The molecule has 35 heavy (non-hydrogen) atoms. The molecule has 180 valence electrons. The van der Waals surface area contributed by atoms with Gasteiger partial charge in [-0.1, -0.05) is 12.1 Å². The summed E-state index contributed by atoms with van der Waals surface area (Å²) in [6.45, 7) is -0.541. The number of rotatable bonds is 8. The third kappa shape index (κ3) is 5.14. The molecule has 0 aliphatic carbocycles. The molecule has 11 heteroatoms. The lowest BCUT2D eigenvalue weighted by atomic mass is 10.0. The molecule has 1 atom stereocenters. The predicted molar refractivity (Wildman–Crippen MR) is 128 cm³/mol. The van der Waals surface area contributed by atoms with Crippen molar-refractivity contribution in [2.24, 2.45) is 5.10 Å². The third-order valence-electron chi connectivity index (χ3n) is 5.40. The van der Waals surface area contributed by atoms with Gasteiger partial charge < -0.3 is 14.2 Å². The molecule has 1 aliphatic heterocycles. The minimum absolute atomic E-state index is 0.101. The van der Waals surface area contributed by atoms with Crippen molar-refractivity contribution < 1.29 is 28.7 Å². The van der Waals surface area contributed by atoms with Crippen LogP contribution in [0.3, 0.4) is 0 Å². The monoisotopic (exact) mass is 495 g/mol. The Kier molecular flexibility index (Phi) is 7.06. The first-order chi connectivity index (χ1) is 16.9. The molecule has 0 N–H and O–H groups in total. The molecule has 0 saturated heterocycles. The van der Waals surface area contributed by atoms with E-state index in [0.717, 1.165) is 16.2 Å². The van der Waals surface area contributed by atoms with Crippen LogP contribution >= 0.6 is 11.3 Å². The highest BCUT2D eigenvalue weighted by Crippen LogP contribution is 2.37. The van der Waals surface area contributed by atoms with Crippen LogP contribution in [0.25, 0.3) is 0 Å². The van der Waals surface area contributed by atoms with E-state index < -0.39 is 29.4 Å². The van der Waals surface area contributed by atoms with Gasteiger partial charge in [0, 0.05) is 18.6 Å². The van der Waals surface area contributed by atoms with E-state index in [1.165, 1.54) is 47.7 Å². The Bertz CT molecular complexity index is 1270. The zero-order chi connectivity index (χ0) is 24.9. The normalized spacial score (nSPS) is 14.9. The zero-order valence-electron chi connectivity index (χ0n) is 18.9. The van der Waals surface area contributed by atoms with Gasteiger partial charge in [-0.05, 0) is 41.3 Å². The average molecular weight is 496 g/mol. The van der Waals surface area contributed by atoms with Crippen LogP contribution in [-0.4, -0.2) is 48.3 Å². The standard InChI is InChI=1S/C24H21N3O7S/c1-32-20-10-7-16(12-21(20)33-2)19-13-18(22-4-3-11-35-22)25-26(19)23(28)14-34-24(29)15-5-8-17(9-6-15)27(30)31/h3-12,19H,13-14H2,1-2H3. The van der Waals surface area contributed by atoms with Gasteiger partial charge in [0.2, 0.25) is 0 Å². The molecule has 2 aromatic carbocycles. The number of benzene rings is 2. The fourth-order valence-electron chi connectivity index (χ4n) is 3.65. The Morgan fingerprint density at radius 2 is 1.86 bits per heavy atom. The van der Waals surface area contributed by atoms with Gasteiger partial charge in [-0.3, -0.25) is 14.9 Å². The van der Waals surface area contributed by atoms with Gasteiger partial charge in [-0.25, -0.2) is 9.80 Å². The van der Waals surface area contributed by atoms with E-state index in [-0.39, 0.29) is 11.3 Å². The summed E-state index contributed by atoms with van der Waals surface area (Å²) in [4.78, 5) is 36.6. The number of non-ortho nitro benzene ring substituents is 1. The van der Waals surface area contributed by atoms with Crippen molar-refractivity contribution in [2.45, 2.75) is 12.5 Å². The molecule has 1 unspecified atom stereocenters. The Morgan fingerprint density at radius 3 is 2.49 bits per heavy atom. The van der Waals surface area contributed by atoms with Crippen LogP contribution in [0.15, 0.2) is 65.1 Å². The van der Waals surface area contributed by atoms with Crippen LogP contribution in [0.1, 0.15) is 33.3 Å². The first kappa shape index (κ1) is 23.9. The molecule has 10 nitrogen and oxygen atoms in total. The predicted octanol–water partition coefficient (Wildman–Crippen LogP) is 4.21. The van der Waals surface area contributed by atoms with Gasteiger partial charge in [-0.15, -0.1) is 11.3 Å². The smallest absolute Gasteiger partial charge is 0.338 e. The van der Waals surface area contributed by atoms with Crippen molar-refractivity contribution in [2.75, 3.05) is 20.8 Å². The number of thiophene rings is 1. The van der Waals surface area contributed by atoms with Crippen LogP contribution in [-0.2, 0) is 9.53 Å². The van der Waals surface area contributed by atoms with E-state index in [4.69, 9.17) is 14.2 Å². The fraction of sp³-hybridized carbons (Fsp3) is 0.208. The van der Waals surface area contributed by atoms with Crippen LogP contribution in [0.5, 0.6) is 11.5 Å². The average Bonchev–Trinajstić information content (AvgIpc) is 3.57. The quantitative estimate of drug-likeness (QED) is 0.261. The number of hydrogen-bond donors (Lipinski definition) is 0. The maximum Gasteiger partial charge on any atom is 0.338 e. The second kappa shape index (κ2) is 10.3. The molecule has 1 aromatic heterocycles. The minimum Gasteiger partial charge on any atom is -0.493 e. The summed E-state index contributed by atoms with van der Waals surface area (Å²) in [5.74, 6) is -0.195. The highest BCUT2D eigenvalue weighted by atomic mass is 32.1. The highest BCUT2D eigenvalue weighted by molar-refractivity contribution is 7.12. The van der Waals surface area contributed by atoms with Crippen molar-refractivity contribution in [3.63, 3.8) is 0 Å². The van der Waals surface area contributed by atoms with Crippen LogP contribution in [0.2, 0.25) is 0 Å². The summed E-state index contributed by atoms with van der Waals surface area (Å²) in [5.41, 5.74) is 1.48. The fourth-order valence-corrected chi connectivity index (χ4v) is 4.37. The van der Waals surface area contributed by atoms with E-state index in [1.54, 1.807) is 19.2 Å². The van der Waals surface area contributed by atoms with Gasteiger partial charge in [0.25, 0.3) is 11.6 Å². The van der Waals surface area contributed by atoms with Crippen molar-refractivity contribution in [1.29, 1.82) is 0 Å². The third-order valence-corrected chi connectivity index (χ3v) is 6.32. The van der Waals surface area contributed by atoms with Crippen molar-refractivity contribution in [3.05, 3.63) is 86.1 Å². The molecule has 0 spiro atoms. The molecule has 4 rings (SSSR count). The molecule has 0 fully saturated rings. The van der Waals surface area contributed by atoms with E-state index in [9.17, 15) is 19.7 Å². The lowest BCUT2D eigenvalue weighted by Crippen LogP contribution is -2.31. The number of hydrogen-bond acceptors (Lipinski definition) is 9. The lowest BCUT2D eigenvalue weighted by Gasteiger charge is -2.22. The van der Waals surface area contributed by atoms with E-state index in [1.807, 2.05) is 23.6 Å². The van der Waals surface area contributed by atoms with Gasteiger partial charge in [-0.2, -0.15) is 5.10 Å². The zero-order valence-corrected chi connectivity index (χ0v) is 19.7. The number of carbonyl (C=O) groups is 2. The number of nitro benzene ring substituents is 1. The van der Waals surface area contributed by atoms with Gasteiger partial charge in [0.1, 0.15) is 0 Å². The van der Waals surface area contributed by atoms with E-state index in [2.05, 4.69) is 5.10 Å². The summed E-state index contributed by atoms with van der Waals surface area (Å²) in [6.07, 6.45) is 0.470. The topological polar surface area (TPSA) is 121 Å². The summed E-state index contributed by atoms with van der Waals surface area (Å²) < 4.78 is 15.9. The summed E-state index contributed by atoms with van der Waals surface area (Å²) in [6, 6.07) is 13.7. The molecule has 3 aromatic rings. The Balaban J connectivity index is 1.53. The largest absolute Gasteiger partial charge is 0.493 e. The number of hydrazone groups is 1. The highest BCUT2D eigenvalue weighted by Gasteiger charge is 2.34. The molecular formula is C24H21N3O7S. The molecule has 0 saturated carbocycles. The van der Waals surface area contributed by atoms with Crippen LogP contribution in [0, 0.1) is 10.1 Å². The Morgan fingerprint density at radius 1 is 1.11 bits per heavy atom. The van der Waals surface area contributed by atoms with Gasteiger partial charge in [0.15, 0.2) is 18.1 Å². The lowest BCUT2D eigenvalue weighted by molar-refractivity contribution is -0.384. The SMILES string of the molecule is COc1ccc(C2CC(c3cccs3)=NN2C(=O)COC(=O)c2ccc([N+](=O)[O-])cc2)cc1OC. The first-order valence-corrected chi connectivity index (χ1v) is 11.4. The van der Waals surface area contributed by atoms with Crippen molar-refractivity contribution >= 4 is 34.6 Å². The van der Waals surface area contributed by atoms with Crippen molar-refractivity contribution in [3.8, 4) is 11.5 Å². The first-order valence-electron chi connectivity index (χ1n) is 10.5. The Labute approximate surface area is 204 Å². The Hall–Kier alpha value is -4.25. The second-order valence-corrected chi connectivity index (χ2v) is 8.42. The number of ether oxygens (including phenoxy) is 3. The molecule has 2 heterocycles. The maximum atomic E-state index is 13.1.